The summed E-state index contributed by atoms with van der Waals surface area (Å²) in [6.45, 7) is 1.31. The molecular formula is C13H19F3N2O. The molecule has 0 saturated carbocycles. The maximum absolute atomic E-state index is 13.7. The fourth-order valence-electron chi connectivity index (χ4n) is 1.95. The molecule has 0 aliphatic carbocycles. The van der Waals surface area contributed by atoms with E-state index >= 15 is 0 Å². The van der Waals surface area contributed by atoms with E-state index in [9.17, 15) is 13.2 Å². The highest BCUT2D eigenvalue weighted by molar-refractivity contribution is 5.23. The van der Waals surface area contributed by atoms with Crippen LogP contribution in [0.25, 0.3) is 0 Å². The van der Waals surface area contributed by atoms with Gasteiger partial charge in [0, 0.05) is 44.5 Å². The number of halogens is 3. The molecule has 1 aromatic rings. The number of ether oxygens (including phenoxy) is 1. The molecule has 0 bridgehead atoms. The first kappa shape index (κ1) is 15.9. The number of hydrogen-bond acceptors (Lipinski definition) is 3. The number of nitrogens with two attached hydrogens (primary N) is 1. The Morgan fingerprint density at radius 1 is 1.21 bits per heavy atom. The average molecular weight is 276 g/mol. The van der Waals surface area contributed by atoms with E-state index in [4.69, 9.17) is 10.5 Å². The van der Waals surface area contributed by atoms with E-state index in [0.717, 1.165) is 12.5 Å². The molecule has 0 heterocycles. The molecule has 0 radical (unpaired) electrons. The van der Waals surface area contributed by atoms with Crippen LogP contribution in [0.4, 0.5) is 13.2 Å². The number of rotatable bonds is 7. The largest absolute Gasteiger partial charge is 0.385 e. The summed E-state index contributed by atoms with van der Waals surface area (Å²) in [6, 6.07) is 0.928. The van der Waals surface area contributed by atoms with E-state index in [1.165, 1.54) is 0 Å². The molecule has 0 amide bonds. The minimum atomic E-state index is -1.20. The van der Waals surface area contributed by atoms with Gasteiger partial charge in [0.2, 0.25) is 0 Å². The Bertz CT molecular complexity index is 415. The monoisotopic (exact) mass is 276 g/mol. The predicted molar refractivity (Wildman–Crippen MR) is 67.2 cm³/mol. The van der Waals surface area contributed by atoms with E-state index in [1.54, 1.807) is 19.1 Å². The Kier molecular flexibility index (Phi) is 6.27. The quantitative estimate of drug-likeness (QED) is 0.612. The normalized spacial score (nSPS) is 13.0. The molecule has 0 aromatic heterocycles. The van der Waals surface area contributed by atoms with Crippen molar-refractivity contribution in [2.45, 2.75) is 12.5 Å². The van der Waals surface area contributed by atoms with Gasteiger partial charge in [-0.2, -0.15) is 0 Å². The minimum Gasteiger partial charge on any atom is -0.385 e. The molecule has 1 atom stereocenters. The first-order valence-electron chi connectivity index (χ1n) is 6.05. The fourth-order valence-corrected chi connectivity index (χ4v) is 1.95. The van der Waals surface area contributed by atoms with Crippen LogP contribution in [0.2, 0.25) is 0 Å². The summed E-state index contributed by atoms with van der Waals surface area (Å²) in [5.74, 6) is -3.05. The summed E-state index contributed by atoms with van der Waals surface area (Å²) < 4.78 is 44.7. The van der Waals surface area contributed by atoms with E-state index < -0.39 is 23.5 Å². The third-order valence-corrected chi connectivity index (χ3v) is 3.01. The van der Waals surface area contributed by atoms with Gasteiger partial charge < -0.3 is 10.5 Å². The highest BCUT2D eigenvalue weighted by atomic mass is 19.2. The van der Waals surface area contributed by atoms with Gasteiger partial charge in [-0.05, 0) is 19.5 Å². The third kappa shape index (κ3) is 4.19. The van der Waals surface area contributed by atoms with Gasteiger partial charge in [-0.1, -0.05) is 0 Å². The number of hydrogen-bond donors (Lipinski definition) is 1. The van der Waals surface area contributed by atoms with Gasteiger partial charge in [0.1, 0.15) is 5.82 Å². The highest BCUT2D eigenvalue weighted by Crippen LogP contribution is 2.24. The smallest absolute Gasteiger partial charge is 0.161 e. The van der Waals surface area contributed by atoms with E-state index in [2.05, 4.69) is 0 Å². The molecule has 2 N–H and O–H groups in total. The second-order valence-electron chi connectivity index (χ2n) is 4.37. The van der Waals surface area contributed by atoms with Gasteiger partial charge in [-0.25, -0.2) is 13.2 Å². The topological polar surface area (TPSA) is 38.5 Å². The molecule has 6 heteroatoms. The zero-order valence-corrected chi connectivity index (χ0v) is 11.1. The van der Waals surface area contributed by atoms with Gasteiger partial charge in [0.15, 0.2) is 11.6 Å². The van der Waals surface area contributed by atoms with Crippen LogP contribution in [0.15, 0.2) is 12.1 Å². The summed E-state index contributed by atoms with van der Waals surface area (Å²) in [6.07, 6.45) is 0.745. The lowest BCUT2D eigenvalue weighted by atomic mass is 10.0. The van der Waals surface area contributed by atoms with Crippen LogP contribution in [0.3, 0.4) is 0 Å². The van der Waals surface area contributed by atoms with Crippen LogP contribution in [0.5, 0.6) is 0 Å². The molecule has 19 heavy (non-hydrogen) atoms. The van der Waals surface area contributed by atoms with Crippen molar-refractivity contribution in [2.24, 2.45) is 5.73 Å². The number of benzene rings is 1. The van der Waals surface area contributed by atoms with Crippen molar-refractivity contribution in [3.8, 4) is 0 Å². The molecule has 1 aromatic carbocycles. The van der Waals surface area contributed by atoms with Crippen molar-refractivity contribution in [1.82, 2.24) is 4.90 Å². The Hall–Kier alpha value is -1.11. The molecule has 0 aliphatic heterocycles. The summed E-state index contributed by atoms with van der Waals surface area (Å²) in [4.78, 5) is 1.80. The summed E-state index contributed by atoms with van der Waals surface area (Å²) in [5.41, 5.74) is 5.68. The fraction of sp³-hybridized carbons (Fsp3) is 0.538. The van der Waals surface area contributed by atoms with Crippen molar-refractivity contribution in [3.63, 3.8) is 0 Å². The molecule has 0 saturated heterocycles. The van der Waals surface area contributed by atoms with Crippen LogP contribution in [0.1, 0.15) is 18.0 Å². The van der Waals surface area contributed by atoms with Gasteiger partial charge in [-0.3, -0.25) is 4.90 Å². The number of nitrogens with zero attached hydrogens (tertiary/aromatic N) is 1. The highest BCUT2D eigenvalue weighted by Gasteiger charge is 2.21. The van der Waals surface area contributed by atoms with E-state index in [0.29, 0.717) is 19.2 Å². The summed E-state index contributed by atoms with van der Waals surface area (Å²) in [5, 5.41) is 0. The second kappa shape index (κ2) is 7.47. The van der Waals surface area contributed by atoms with E-state index in [1.807, 2.05) is 0 Å². The molecule has 108 valence electrons. The summed E-state index contributed by atoms with van der Waals surface area (Å²) in [7, 11) is 3.35. The molecule has 3 nitrogen and oxygen atoms in total. The standard InChI is InChI=1S/C13H19F3N2O/c1-18(4-3-5-19-2)13(8-17)9-6-11(15)12(16)7-10(9)14/h6-7,13H,3-5,8,17H2,1-2H3. The average Bonchev–Trinajstić information content (AvgIpc) is 2.36. The van der Waals surface area contributed by atoms with Crippen LogP contribution in [-0.2, 0) is 4.74 Å². The number of likely N-dealkylation sites (N-methyl/N-ethyl adjacent to an activating group) is 1. The van der Waals surface area contributed by atoms with Crippen molar-refractivity contribution in [2.75, 3.05) is 33.9 Å². The van der Waals surface area contributed by atoms with Gasteiger partial charge >= 0.3 is 0 Å². The van der Waals surface area contributed by atoms with Gasteiger partial charge in [0.05, 0.1) is 0 Å². The molecular weight excluding hydrogens is 257 g/mol. The van der Waals surface area contributed by atoms with Crippen LogP contribution in [0, 0.1) is 17.5 Å². The van der Waals surface area contributed by atoms with Crippen LogP contribution in [-0.4, -0.2) is 38.8 Å². The predicted octanol–water partition coefficient (Wildman–Crippen LogP) is 2.07. The first-order valence-corrected chi connectivity index (χ1v) is 6.05. The van der Waals surface area contributed by atoms with Crippen molar-refractivity contribution in [3.05, 3.63) is 35.1 Å². The third-order valence-electron chi connectivity index (χ3n) is 3.01. The Balaban J connectivity index is 2.87. The Labute approximate surface area is 111 Å². The van der Waals surface area contributed by atoms with Crippen LogP contribution < -0.4 is 5.73 Å². The van der Waals surface area contributed by atoms with Crippen molar-refractivity contribution < 1.29 is 17.9 Å². The lowest BCUT2D eigenvalue weighted by Gasteiger charge is -2.27. The lowest BCUT2D eigenvalue weighted by Crippen LogP contribution is -2.32. The van der Waals surface area contributed by atoms with Crippen molar-refractivity contribution >= 4 is 0 Å². The molecule has 0 spiro atoms. The maximum atomic E-state index is 13.7. The first-order chi connectivity index (χ1) is 9.01. The number of methoxy groups -OCH3 is 1. The van der Waals surface area contributed by atoms with Crippen molar-refractivity contribution in [1.29, 1.82) is 0 Å². The minimum absolute atomic E-state index is 0.0707. The van der Waals surface area contributed by atoms with Gasteiger partial charge in [0.25, 0.3) is 0 Å². The maximum Gasteiger partial charge on any atom is 0.161 e. The Morgan fingerprint density at radius 3 is 2.42 bits per heavy atom. The Morgan fingerprint density at radius 2 is 1.84 bits per heavy atom. The molecule has 1 unspecified atom stereocenters. The molecule has 1 rings (SSSR count). The zero-order valence-electron chi connectivity index (χ0n) is 11.1. The molecule has 0 fully saturated rings. The lowest BCUT2D eigenvalue weighted by molar-refractivity contribution is 0.165. The zero-order chi connectivity index (χ0) is 14.4. The molecule has 0 aliphatic rings. The second-order valence-corrected chi connectivity index (χ2v) is 4.37. The van der Waals surface area contributed by atoms with Gasteiger partial charge in [-0.15, -0.1) is 0 Å². The van der Waals surface area contributed by atoms with Crippen LogP contribution >= 0.6 is 0 Å². The SMILES string of the molecule is COCCCN(C)C(CN)c1cc(F)c(F)cc1F. The summed E-state index contributed by atoms with van der Waals surface area (Å²) >= 11 is 0. The van der Waals surface area contributed by atoms with E-state index in [-0.39, 0.29) is 12.1 Å².